The van der Waals surface area contributed by atoms with Gasteiger partial charge in [-0.3, -0.25) is 4.79 Å². The van der Waals surface area contributed by atoms with Crippen molar-refractivity contribution < 1.29 is 32.3 Å². The van der Waals surface area contributed by atoms with Crippen molar-refractivity contribution in [2.75, 3.05) is 27.4 Å². The maximum atomic E-state index is 11.9. The molecule has 1 rings (SSSR count). The van der Waals surface area contributed by atoms with E-state index in [0.29, 0.717) is 17.1 Å². The summed E-state index contributed by atoms with van der Waals surface area (Å²) in [5.74, 6) is 0.100. The van der Waals surface area contributed by atoms with Gasteiger partial charge in [0.2, 0.25) is 0 Å². The van der Waals surface area contributed by atoms with Crippen LogP contribution >= 0.6 is 0 Å². The van der Waals surface area contributed by atoms with Crippen LogP contribution in [-0.4, -0.2) is 45.7 Å². The molecule has 0 saturated heterocycles. The number of hydrogen-bond acceptors (Lipinski definition) is 5. The summed E-state index contributed by atoms with van der Waals surface area (Å²) in [6.07, 6.45) is -3.17. The van der Waals surface area contributed by atoms with Crippen molar-refractivity contribution in [3.05, 3.63) is 23.8 Å². The summed E-state index contributed by atoms with van der Waals surface area (Å²) in [5, 5.41) is 5.15. The molecule has 0 atom stereocenters. The zero-order valence-corrected chi connectivity index (χ0v) is 11.9. The molecule has 0 aliphatic heterocycles. The second kappa shape index (κ2) is 8.11. The molecule has 0 spiro atoms. The van der Waals surface area contributed by atoms with E-state index in [4.69, 9.17) is 9.47 Å². The first-order valence-electron chi connectivity index (χ1n) is 6.06. The number of amides is 1. The number of nitrogens with one attached hydrogen (secondary N) is 1. The molecule has 0 aromatic heterocycles. The molecule has 1 amide bonds. The minimum absolute atomic E-state index is 0.481. The average molecular weight is 320 g/mol. The number of benzene rings is 1. The van der Waals surface area contributed by atoms with Crippen LogP contribution in [0.2, 0.25) is 0 Å². The molecule has 0 aliphatic carbocycles. The lowest BCUT2D eigenvalue weighted by Gasteiger charge is -2.08. The minimum Gasteiger partial charge on any atom is -0.493 e. The van der Waals surface area contributed by atoms with Gasteiger partial charge in [0.1, 0.15) is 6.54 Å². The van der Waals surface area contributed by atoms with E-state index in [1.54, 1.807) is 23.5 Å². The topological polar surface area (TPSA) is 69.2 Å². The summed E-state index contributed by atoms with van der Waals surface area (Å²) in [7, 11) is 2.97. The van der Waals surface area contributed by atoms with Gasteiger partial charge in [0.05, 0.1) is 20.4 Å². The highest BCUT2D eigenvalue weighted by Gasteiger charge is 2.27. The lowest BCUT2D eigenvalue weighted by molar-refractivity contribution is -0.141. The van der Waals surface area contributed by atoms with Crippen molar-refractivity contribution in [2.24, 2.45) is 5.16 Å². The van der Waals surface area contributed by atoms with Gasteiger partial charge in [-0.05, 0) is 18.2 Å². The number of methoxy groups -OCH3 is 2. The molecule has 22 heavy (non-hydrogen) atoms. The number of carbonyl (C=O) groups excluding carboxylic acids is 1. The Kier molecular flexibility index (Phi) is 6.48. The monoisotopic (exact) mass is 320 g/mol. The summed E-state index contributed by atoms with van der Waals surface area (Å²) >= 11 is 0. The first-order chi connectivity index (χ1) is 10.4. The largest absolute Gasteiger partial charge is 0.493 e. The van der Waals surface area contributed by atoms with Crippen molar-refractivity contribution in [2.45, 2.75) is 6.18 Å². The van der Waals surface area contributed by atoms with Crippen LogP contribution in [0.3, 0.4) is 0 Å². The Morgan fingerprint density at radius 2 is 1.95 bits per heavy atom. The van der Waals surface area contributed by atoms with Gasteiger partial charge in [0.25, 0.3) is 5.91 Å². The van der Waals surface area contributed by atoms with Crippen LogP contribution in [0.4, 0.5) is 13.2 Å². The van der Waals surface area contributed by atoms with Crippen LogP contribution in [0.1, 0.15) is 5.56 Å². The van der Waals surface area contributed by atoms with Gasteiger partial charge in [-0.25, -0.2) is 0 Å². The van der Waals surface area contributed by atoms with E-state index in [0.717, 1.165) is 0 Å². The summed E-state index contributed by atoms with van der Waals surface area (Å²) in [5.41, 5.74) is 0.605. The van der Waals surface area contributed by atoms with E-state index in [1.165, 1.54) is 20.4 Å². The van der Waals surface area contributed by atoms with E-state index in [1.807, 2.05) is 0 Å². The van der Waals surface area contributed by atoms with Gasteiger partial charge in [-0.2, -0.15) is 13.2 Å². The third-order valence-electron chi connectivity index (χ3n) is 2.37. The summed E-state index contributed by atoms with van der Waals surface area (Å²) < 4.78 is 45.7. The number of halogens is 3. The number of hydrogen-bond donors (Lipinski definition) is 1. The lowest BCUT2D eigenvalue weighted by Crippen LogP contribution is -2.35. The average Bonchev–Trinajstić information content (AvgIpc) is 2.48. The van der Waals surface area contributed by atoms with Crippen molar-refractivity contribution in [3.63, 3.8) is 0 Å². The zero-order valence-electron chi connectivity index (χ0n) is 11.9. The SMILES string of the molecule is COc1ccc(/C=N\OCC(=O)NCC(F)(F)F)cc1OC. The van der Waals surface area contributed by atoms with Crippen molar-refractivity contribution >= 4 is 12.1 Å². The minimum atomic E-state index is -4.46. The van der Waals surface area contributed by atoms with E-state index >= 15 is 0 Å². The normalized spacial score (nSPS) is 11.3. The van der Waals surface area contributed by atoms with Crippen LogP contribution < -0.4 is 14.8 Å². The van der Waals surface area contributed by atoms with E-state index in [-0.39, 0.29) is 0 Å². The Hall–Kier alpha value is -2.45. The van der Waals surface area contributed by atoms with Gasteiger partial charge < -0.3 is 19.6 Å². The molecule has 0 saturated carbocycles. The smallest absolute Gasteiger partial charge is 0.405 e. The fourth-order valence-corrected chi connectivity index (χ4v) is 1.38. The second-order valence-corrected chi connectivity index (χ2v) is 4.01. The number of nitrogens with zero attached hydrogens (tertiary/aromatic N) is 1. The molecular formula is C13H15F3N2O4. The maximum absolute atomic E-state index is 11.9. The molecule has 0 radical (unpaired) electrons. The maximum Gasteiger partial charge on any atom is 0.405 e. The van der Waals surface area contributed by atoms with Crippen molar-refractivity contribution in [1.82, 2.24) is 5.32 Å². The molecular weight excluding hydrogens is 305 g/mol. The Labute approximate surface area is 124 Å². The molecule has 1 aromatic rings. The third-order valence-corrected chi connectivity index (χ3v) is 2.37. The molecule has 0 unspecified atom stereocenters. The lowest BCUT2D eigenvalue weighted by atomic mass is 10.2. The third kappa shape index (κ3) is 6.33. The van der Waals surface area contributed by atoms with Crippen LogP contribution in [0.25, 0.3) is 0 Å². The van der Waals surface area contributed by atoms with Gasteiger partial charge in [-0.15, -0.1) is 0 Å². The van der Waals surface area contributed by atoms with Crippen molar-refractivity contribution in [3.8, 4) is 11.5 Å². The molecule has 0 fully saturated rings. The van der Waals surface area contributed by atoms with Gasteiger partial charge in [-0.1, -0.05) is 5.16 Å². The van der Waals surface area contributed by atoms with Crippen LogP contribution in [-0.2, 0) is 9.63 Å². The number of rotatable bonds is 7. The van der Waals surface area contributed by atoms with Gasteiger partial charge in [0, 0.05) is 5.56 Å². The quantitative estimate of drug-likeness (QED) is 0.614. The predicted molar refractivity (Wildman–Crippen MR) is 72.2 cm³/mol. The molecule has 9 heteroatoms. The van der Waals surface area contributed by atoms with E-state index in [9.17, 15) is 18.0 Å². The predicted octanol–water partition coefficient (Wildman–Crippen LogP) is 1.73. The summed E-state index contributed by atoms with van der Waals surface area (Å²) in [6, 6.07) is 4.93. The Bertz CT molecular complexity index is 533. The Morgan fingerprint density at radius 1 is 1.27 bits per heavy atom. The number of alkyl halides is 3. The fourth-order valence-electron chi connectivity index (χ4n) is 1.38. The van der Waals surface area contributed by atoms with Gasteiger partial charge >= 0.3 is 6.18 Å². The van der Waals surface area contributed by atoms with Crippen LogP contribution in [0, 0.1) is 0 Å². The van der Waals surface area contributed by atoms with Crippen molar-refractivity contribution in [1.29, 1.82) is 0 Å². The summed E-state index contributed by atoms with van der Waals surface area (Å²) in [6.45, 7) is -2.02. The summed E-state index contributed by atoms with van der Waals surface area (Å²) in [4.78, 5) is 15.7. The standard InChI is InChI=1S/C13H15F3N2O4/c1-20-10-4-3-9(5-11(10)21-2)6-18-22-7-12(19)17-8-13(14,15)16/h3-6H,7-8H2,1-2H3,(H,17,19)/b18-6-. The Morgan fingerprint density at radius 3 is 2.55 bits per heavy atom. The highest BCUT2D eigenvalue weighted by molar-refractivity contribution is 5.81. The number of ether oxygens (including phenoxy) is 2. The van der Waals surface area contributed by atoms with Crippen LogP contribution in [0.5, 0.6) is 11.5 Å². The molecule has 0 heterocycles. The first kappa shape index (κ1) is 17.6. The molecule has 1 aromatic carbocycles. The van der Waals surface area contributed by atoms with E-state index < -0.39 is 25.2 Å². The zero-order chi connectivity index (χ0) is 16.6. The number of oxime groups is 1. The first-order valence-corrected chi connectivity index (χ1v) is 6.06. The molecule has 6 nitrogen and oxygen atoms in total. The molecule has 0 aliphatic rings. The number of carbonyl (C=O) groups is 1. The second-order valence-electron chi connectivity index (χ2n) is 4.01. The van der Waals surface area contributed by atoms with E-state index in [2.05, 4.69) is 9.99 Å². The van der Waals surface area contributed by atoms with Gasteiger partial charge in [0.15, 0.2) is 18.1 Å². The molecule has 122 valence electrons. The van der Waals surface area contributed by atoms with Crippen LogP contribution in [0.15, 0.2) is 23.4 Å². The molecule has 0 bridgehead atoms. The molecule has 1 N–H and O–H groups in total. The Balaban J connectivity index is 2.44. The highest BCUT2D eigenvalue weighted by atomic mass is 19.4. The highest BCUT2D eigenvalue weighted by Crippen LogP contribution is 2.26. The fraction of sp³-hybridized carbons (Fsp3) is 0.385.